The van der Waals surface area contributed by atoms with Gasteiger partial charge in [-0.2, -0.15) is 0 Å². The van der Waals surface area contributed by atoms with Crippen LogP contribution in [0.4, 0.5) is 0 Å². The highest BCUT2D eigenvalue weighted by molar-refractivity contribution is 6.13. The average molecular weight is 302 g/mol. The fourth-order valence-electron chi connectivity index (χ4n) is 2.11. The normalized spacial score (nSPS) is 12.5. The number of carbonyl (C=O) groups excluding carboxylic acids is 2. The van der Waals surface area contributed by atoms with Crippen molar-refractivity contribution < 1.29 is 23.8 Å². The van der Waals surface area contributed by atoms with Crippen LogP contribution in [-0.4, -0.2) is 25.0 Å². The van der Waals surface area contributed by atoms with Crippen molar-refractivity contribution in [1.82, 2.24) is 0 Å². The molecule has 0 saturated carbocycles. The molecule has 116 valence electrons. The molecule has 0 atom stereocenters. The van der Waals surface area contributed by atoms with Crippen LogP contribution in [0.3, 0.4) is 0 Å². The standard InChI is InChI=1S/C17H18O5/c1-5-6-20-14(18)9-21-12-7-11(4)15-13(8-12)22-17(10(2)3)16(15)19/h5,7-8H,1,6,9H2,2-4H3. The van der Waals surface area contributed by atoms with E-state index in [1.165, 1.54) is 6.08 Å². The van der Waals surface area contributed by atoms with Crippen LogP contribution < -0.4 is 9.47 Å². The number of esters is 1. The van der Waals surface area contributed by atoms with Gasteiger partial charge in [0.1, 0.15) is 18.1 Å². The van der Waals surface area contributed by atoms with E-state index in [1.807, 2.05) is 13.8 Å². The number of carbonyl (C=O) groups is 2. The van der Waals surface area contributed by atoms with E-state index < -0.39 is 5.97 Å². The predicted molar refractivity (Wildman–Crippen MR) is 81.2 cm³/mol. The van der Waals surface area contributed by atoms with Gasteiger partial charge in [0.15, 0.2) is 12.4 Å². The zero-order chi connectivity index (χ0) is 16.3. The summed E-state index contributed by atoms with van der Waals surface area (Å²) in [5.74, 6) is 0.649. The number of benzene rings is 1. The molecule has 22 heavy (non-hydrogen) atoms. The van der Waals surface area contributed by atoms with Gasteiger partial charge in [-0.1, -0.05) is 12.7 Å². The third-order valence-electron chi connectivity index (χ3n) is 3.09. The molecule has 0 saturated heterocycles. The number of aryl methyl sites for hydroxylation is 1. The molecule has 0 fully saturated rings. The molecule has 1 aliphatic heterocycles. The lowest BCUT2D eigenvalue weighted by Crippen LogP contribution is -2.14. The Kier molecular flexibility index (Phi) is 4.65. The molecular weight excluding hydrogens is 284 g/mol. The van der Waals surface area contributed by atoms with Gasteiger partial charge in [0.05, 0.1) is 5.56 Å². The van der Waals surface area contributed by atoms with Crippen molar-refractivity contribution in [3.05, 3.63) is 47.2 Å². The molecule has 0 N–H and O–H groups in total. The van der Waals surface area contributed by atoms with E-state index in [0.29, 0.717) is 22.8 Å². The Morgan fingerprint density at radius 1 is 1.36 bits per heavy atom. The van der Waals surface area contributed by atoms with Crippen LogP contribution in [-0.2, 0) is 9.53 Å². The average Bonchev–Trinajstić information content (AvgIpc) is 2.80. The summed E-state index contributed by atoms with van der Waals surface area (Å²) in [5, 5.41) is 0. The lowest BCUT2D eigenvalue weighted by atomic mass is 10.0. The Hall–Kier alpha value is -2.56. The number of hydrogen-bond donors (Lipinski definition) is 0. The molecule has 0 unspecified atom stereocenters. The lowest BCUT2D eigenvalue weighted by molar-refractivity contribution is -0.144. The number of rotatable bonds is 5. The topological polar surface area (TPSA) is 61.8 Å². The highest BCUT2D eigenvalue weighted by atomic mass is 16.6. The van der Waals surface area contributed by atoms with Crippen molar-refractivity contribution in [2.24, 2.45) is 0 Å². The third-order valence-corrected chi connectivity index (χ3v) is 3.09. The first-order valence-corrected chi connectivity index (χ1v) is 6.88. The second-order valence-electron chi connectivity index (χ2n) is 5.13. The second kappa shape index (κ2) is 6.47. The molecule has 0 bridgehead atoms. The van der Waals surface area contributed by atoms with Gasteiger partial charge in [-0.3, -0.25) is 4.79 Å². The molecule has 2 rings (SSSR count). The monoisotopic (exact) mass is 302 g/mol. The largest absolute Gasteiger partial charge is 0.482 e. The summed E-state index contributed by atoms with van der Waals surface area (Å²) >= 11 is 0. The summed E-state index contributed by atoms with van der Waals surface area (Å²) in [7, 11) is 0. The van der Waals surface area contributed by atoms with E-state index in [2.05, 4.69) is 6.58 Å². The van der Waals surface area contributed by atoms with Gasteiger partial charge in [0.2, 0.25) is 5.78 Å². The minimum absolute atomic E-state index is 0.121. The number of ketones is 1. The van der Waals surface area contributed by atoms with Crippen LogP contribution in [0.2, 0.25) is 0 Å². The summed E-state index contributed by atoms with van der Waals surface area (Å²) in [5.41, 5.74) is 2.10. The van der Waals surface area contributed by atoms with Crippen molar-refractivity contribution in [2.45, 2.75) is 20.8 Å². The maximum absolute atomic E-state index is 12.2. The summed E-state index contributed by atoms with van der Waals surface area (Å²) in [6.45, 7) is 8.84. The number of Topliss-reactive ketones (excluding diaryl/α,β-unsaturated/α-hetero) is 1. The highest BCUT2D eigenvalue weighted by Crippen LogP contribution is 2.37. The van der Waals surface area contributed by atoms with Crippen LogP contribution >= 0.6 is 0 Å². The van der Waals surface area contributed by atoms with Gasteiger partial charge in [0.25, 0.3) is 0 Å². The number of fused-ring (bicyclic) bond motifs is 1. The molecule has 0 aromatic heterocycles. The fourth-order valence-corrected chi connectivity index (χ4v) is 2.11. The molecule has 0 aliphatic carbocycles. The zero-order valence-electron chi connectivity index (χ0n) is 12.9. The molecule has 1 aromatic rings. The Morgan fingerprint density at radius 2 is 2.09 bits per heavy atom. The Bertz CT molecular complexity index is 666. The SMILES string of the molecule is C=CCOC(=O)COc1cc(C)c2c(c1)OC(=C(C)C)C2=O. The van der Waals surface area contributed by atoms with Crippen molar-refractivity contribution >= 4 is 11.8 Å². The van der Waals surface area contributed by atoms with Crippen LogP contribution in [0.25, 0.3) is 0 Å². The van der Waals surface area contributed by atoms with Crippen LogP contribution in [0.1, 0.15) is 29.8 Å². The van der Waals surface area contributed by atoms with Crippen LogP contribution in [0, 0.1) is 6.92 Å². The first-order chi connectivity index (χ1) is 10.4. The van der Waals surface area contributed by atoms with E-state index in [9.17, 15) is 9.59 Å². The van der Waals surface area contributed by atoms with Gasteiger partial charge in [0, 0.05) is 6.07 Å². The van der Waals surface area contributed by atoms with E-state index in [1.54, 1.807) is 19.1 Å². The van der Waals surface area contributed by atoms with E-state index in [4.69, 9.17) is 14.2 Å². The van der Waals surface area contributed by atoms with Gasteiger partial charge in [-0.15, -0.1) is 0 Å². The van der Waals surface area contributed by atoms with E-state index in [-0.39, 0.29) is 19.0 Å². The molecule has 0 amide bonds. The van der Waals surface area contributed by atoms with Crippen LogP contribution in [0.5, 0.6) is 11.5 Å². The quantitative estimate of drug-likeness (QED) is 0.475. The van der Waals surface area contributed by atoms with Crippen molar-refractivity contribution in [3.8, 4) is 11.5 Å². The predicted octanol–water partition coefficient (Wildman–Crippen LogP) is 2.97. The van der Waals surface area contributed by atoms with Gasteiger partial charge in [-0.05, 0) is 38.0 Å². The summed E-state index contributed by atoms with van der Waals surface area (Å²) < 4.78 is 15.8. The molecule has 5 nitrogen and oxygen atoms in total. The number of ether oxygens (including phenoxy) is 3. The van der Waals surface area contributed by atoms with Gasteiger partial charge in [-0.25, -0.2) is 4.79 Å². The van der Waals surface area contributed by atoms with Crippen molar-refractivity contribution in [3.63, 3.8) is 0 Å². The van der Waals surface area contributed by atoms with Crippen molar-refractivity contribution in [1.29, 1.82) is 0 Å². The maximum Gasteiger partial charge on any atom is 0.344 e. The molecule has 1 aromatic carbocycles. The first-order valence-electron chi connectivity index (χ1n) is 6.88. The fraction of sp³-hybridized carbons (Fsp3) is 0.294. The molecule has 1 aliphatic rings. The molecule has 0 spiro atoms. The summed E-state index contributed by atoms with van der Waals surface area (Å²) in [6.07, 6.45) is 1.48. The first kappa shape index (κ1) is 15.8. The molecule has 1 heterocycles. The zero-order valence-corrected chi connectivity index (χ0v) is 12.9. The third kappa shape index (κ3) is 3.19. The Morgan fingerprint density at radius 3 is 2.73 bits per heavy atom. The van der Waals surface area contributed by atoms with E-state index in [0.717, 1.165) is 11.1 Å². The molecule has 0 radical (unpaired) electrons. The second-order valence-corrected chi connectivity index (χ2v) is 5.13. The van der Waals surface area contributed by atoms with Gasteiger partial charge >= 0.3 is 5.97 Å². The van der Waals surface area contributed by atoms with Crippen molar-refractivity contribution in [2.75, 3.05) is 13.2 Å². The molecule has 5 heteroatoms. The minimum Gasteiger partial charge on any atom is -0.482 e. The Labute approximate surface area is 129 Å². The lowest BCUT2D eigenvalue weighted by Gasteiger charge is -2.08. The minimum atomic E-state index is -0.486. The van der Waals surface area contributed by atoms with Gasteiger partial charge < -0.3 is 14.2 Å². The Balaban J connectivity index is 2.16. The van der Waals surface area contributed by atoms with E-state index >= 15 is 0 Å². The number of allylic oxidation sites excluding steroid dienone is 2. The highest BCUT2D eigenvalue weighted by Gasteiger charge is 2.30. The summed E-state index contributed by atoms with van der Waals surface area (Å²) in [4.78, 5) is 23.6. The number of hydrogen-bond acceptors (Lipinski definition) is 5. The molecular formula is C17H18O5. The smallest absolute Gasteiger partial charge is 0.344 e. The maximum atomic E-state index is 12.2. The summed E-state index contributed by atoms with van der Waals surface area (Å²) in [6, 6.07) is 3.31. The van der Waals surface area contributed by atoms with Crippen LogP contribution in [0.15, 0.2) is 36.1 Å².